The number of ether oxygens (including phenoxy) is 1. The number of nitrogens with one attached hydrogen (secondary N) is 1. The van der Waals surface area contributed by atoms with Crippen LogP contribution in [0, 0.1) is 0 Å². The molecule has 3 N–H and O–H groups in total. The number of amidine groups is 1. The SMILES string of the molecule is CCC(C)(OC)C(=NC1CCCCC1)NN. The lowest BCUT2D eigenvalue weighted by molar-refractivity contribution is 0.0594. The summed E-state index contributed by atoms with van der Waals surface area (Å²) in [6.45, 7) is 4.10. The number of rotatable bonds is 4. The molecule has 1 aliphatic rings. The van der Waals surface area contributed by atoms with E-state index in [0.717, 1.165) is 12.3 Å². The van der Waals surface area contributed by atoms with Crippen molar-refractivity contribution in [2.75, 3.05) is 7.11 Å². The number of methoxy groups -OCH3 is 1. The molecule has 0 saturated heterocycles. The Labute approximate surface area is 98.6 Å². The van der Waals surface area contributed by atoms with Crippen LogP contribution in [0.3, 0.4) is 0 Å². The van der Waals surface area contributed by atoms with Gasteiger partial charge >= 0.3 is 0 Å². The van der Waals surface area contributed by atoms with Gasteiger partial charge in [-0.1, -0.05) is 26.2 Å². The topological polar surface area (TPSA) is 59.6 Å². The predicted molar refractivity (Wildman–Crippen MR) is 67.3 cm³/mol. The number of hydrogen-bond acceptors (Lipinski definition) is 3. The third kappa shape index (κ3) is 3.19. The molecule has 1 saturated carbocycles. The fourth-order valence-corrected chi connectivity index (χ4v) is 2.13. The number of aliphatic imine (C=N–C) groups is 1. The average Bonchev–Trinajstić information content (AvgIpc) is 2.36. The first kappa shape index (κ1) is 13.5. The second-order valence-corrected chi connectivity index (χ2v) is 4.70. The molecule has 0 amide bonds. The second-order valence-electron chi connectivity index (χ2n) is 4.70. The normalized spacial score (nSPS) is 22.9. The van der Waals surface area contributed by atoms with Gasteiger partial charge in [0.15, 0.2) is 0 Å². The molecule has 1 fully saturated rings. The Morgan fingerprint density at radius 1 is 1.44 bits per heavy atom. The van der Waals surface area contributed by atoms with Gasteiger partial charge in [0.1, 0.15) is 11.4 Å². The largest absolute Gasteiger partial charge is 0.371 e. The summed E-state index contributed by atoms with van der Waals surface area (Å²) in [6.07, 6.45) is 7.11. The van der Waals surface area contributed by atoms with Gasteiger partial charge in [0.2, 0.25) is 0 Å². The molecule has 0 aromatic heterocycles. The fraction of sp³-hybridized carbons (Fsp3) is 0.917. The van der Waals surface area contributed by atoms with Crippen LogP contribution >= 0.6 is 0 Å². The quantitative estimate of drug-likeness (QED) is 0.334. The van der Waals surface area contributed by atoms with Crippen molar-refractivity contribution in [2.24, 2.45) is 10.8 Å². The summed E-state index contributed by atoms with van der Waals surface area (Å²) in [7, 11) is 1.71. The van der Waals surface area contributed by atoms with Crippen LogP contribution in [0.2, 0.25) is 0 Å². The van der Waals surface area contributed by atoms with Crippen molar-refractivity contribution in [1.29, 1.82) is 0 Å². The summed E-state index contributed by atoms with van der Waals surface area (Å²) < 4.78 is 5.51. The maximum atomic E-state index is 5.57. The van der Waals surface area contributed by atoms with Gasteiger partial charge in [0.25, 0.3) is 0 Å². The second kappa shape index (κ2) is 6.21. The summed E-state index contributed by atoms with van der Waals surface area (Å²) in [5.41, 5.74) is 2.33. The van der Waals surface area contributed by atoms with E-state index >= 15 is 0 Å². The van der Waals surface area contributed by atoms with E-state index in [1.54, 1.807) is 7.11 Å². The van der Waals surface area contributed by atoms with E-state index in [2.05, 4.69) is 12.3 Å². The van der Waals surface area contributed by atoms with Crippen molar-refractivity contribution in [3.63, 3.8) is 0 Å². The van der Waals surface area contributed by atoms with Crippen molar-refractivity contribution < 1.29 is 4.74 Å². The molecule has 0 aromatic rings. The smallest absolute Gasteiger partial charge is 0.143 e. The number of hydrogen-bond donors (Lipinski definition) is 2. The van der Waals surface area contributed by atoms with E-state index in [4.69, 9.17) is 15.6 Å². The van der Waals surface area contributed by atoms with Crippen LogP contribution in [-0.2, 0) is 4.74 Å². The molecular weight excluding hydrogens is 202 g/mol. The third-order valence-corrected chi connectivity index (χ3v) is 3.65. The first-order valence-corrected chi connectivity index (χ1v) is 6.26. The molecule has 1 aliphatic carbocycles. The highest BCUT2D eigenvalue weighted by molar-refractivity contribution is 5.89. The van der Waals surface area contributed by atoms with Crippen LogP contribution in [-0.4, -0.2) is 24.6 Å². The highest BCUT2D eigenvalue weighted by Gasteiger charge is 2.29. The van der Waals surface area contributed by atoms with Crippen molar-refractivity contribution in [2.45, 2.75) is 64.0 Å². The predicted octanol–water partition coefficient (Wildman–Crippen LogP) is 2.00. The van der Waals surface area contributed by atoms with Crippen LogP contribution < -0.4 is 11.3 Å². The van der Waals surface area contributed by atoms with Crippen LogP contribution in [0.1, 0.15) is 52.4 Å². The highest BCUT2D eigenvalue weighted by atomic mass is 16.5. The van der Waals surface area contributed by atoms with Gasteiger partial charge in [-0.3, -0.25) is 4.99 Å². The van der Waals surface area contributed by atoms with Crippen molar-refractivity contribution in [3.8, 4) is 0 Å². The molecule has 0 aliphatic heterocycles. The van der Waals surface area contributed by atoms with E-state index in [1.165, 1.54) is 32.1 Å². The molecule has 0 spiro atoms. The average molecular weight is 227 g/mol. The zero-order chi connectivity index (χ0) is 12.0. The standard InChI is InChI=1S/C12H25N3O/c1-4-12(2,16-3)11(15-13)14-10-8-6-5-7-9-10/h10H,4-9,13H2,1-3H3,(H,14,15). The monoisotopic (exact) mass is 227 g/mol. The lowest BCUT2D eigenvalue weighted by Crippen LogP contribution is -2.49. The molecule has 94 valence electrons. The Kier molecular flexibility index (Phi) is 5.22. The Morgan fingerprint density at radius 2 is 2.06 bits per heavy atom. The van der Waals surface area contributed by atoms with Crippen LogP contribution in [0.5, 0.6) is 0 Å². The van der Waals surface area contributed by atoms with Gasteiger partial charge in [-0.15, -0.1) is 0 Å². The molecule has 0 radical (unpaired) electrons. The minimum atomic E-state index is -0.383. The van der Waals surface area contributed by atoms with E-state index in [9.17, 15) is 0 Å². The fourth-order valence-electron chi connectivity index (χ4n) is 2.13. The van der Waals surface area contributed by atoms with Crippen molar-refractivity contribution in [3.05, 3.63) is 0 Å². The summed E-state index contributed by atoms with van der Waals surface area (Å²) in [5.74, 6) is 6.35. The number of nitrogens with zero attached hydrogens (tertiary/aromatic N) is 1. The number of nitrogens with two attached hydrogens (primary N) is 1. The third-order valence-electron chi connectivity index (χ3n) is 3.65. The first-order valence-electron chi connectivity index (χ1n) is 6.26. The lowest BCUT2D eigenvalue weighted by atomic mass is 9.95. The summed E-state index contributed by atoms with van der Waals surface area (Å²) in [5, 5.41) is 0. The molecule has 16 heavy (non-hydrogen) atoms. The van der Waals surface area contributed by atoms with Gasteiger partial charge in [-0.25, -0.2) is 5.84 Å². The Morgan fingerprint density at radius 3 is 2.50 bits per heavy atom. The van der Waals surface area contributed by atoms with Gasteiger partial charge in [0, 0.05) is 7.11 Å². The molecule has 4 nitrogen and oxygen atoms in total. The number of hydrazine groups is 1. The van der Waals surface area contributed by atoms with Crippen molar-refractivity contribution >= 4 is 5.84 Å². The van der Waals surface area contributed by atoms with Gasteiger partial charge in [-0.2, -0.15) is 0 Å². The molecule has 1 unspecified atom stereocenters. The summed E-state index contributed by atoms with van der Waals surface area (Å²) >= 11 is 0. The van der Waals surface area contributed by atoms with Crippen LogP contribution in [0.4, 0.5) is 0 Å². The summed E-state index contributed by atoms with van der Waals surface area (Å²) in [6, 6.07) is 0.417. The maximum absolute atomic E-state index is 5.57. The Balaban J connectivity index is 2.74. The molecule has 0 aromatic carbocycles. The van der Waals surface area contributed by atoms with Gasteiger partial charge < -0.3 is 10.2 Å². The zero-order valence-electron chi connectivity index (χ0n) is 10.8. The van der Waals surface area contributed by atoms with E-state index in [-0.39, 0.29) is 5.60 Å². The maximum Gasteiger partial charge on any atom is 0.143 e. The van der Waals surface area contributed by atoms with E-state index in [0.29, 0.717) is 6.04 Å². The van der Waals surface area contributed by atoms with E-state index < -0.39 is 0 Å². The Bertz CT molecular complexity index is 230. The van der Waals surface area contributed by atoms with Crippen LogP contribution in [0.15, 0.2) is 4.99 Å². The molecule has 1 atom stereocenters. The Hall–Kier alpha value is -0.610. The molecule has 1 rings (SSSR count). The summed E-state index contributed by atoms with van der Waals surface area (Å²) in [4.78, 5) is 4.72. The van der Waals surface area contributed by atoms with Crippen LogP contribution in [0.25, 0.3) is 0 Å². The molecular formula is C12H25N3O. The highest BCUT2D eigenvalue weighted by Crippen LogP contribution is 2.22. The minimum absolute atomic E-state index is 0.383. The molecule has 4 heteroatoms. The molecule has 0 bridgehead atoms. The van der Waals surface area contributed by atoms with Gasteiger partial charge in [-0.05, 0) is 26.2 Å². The minimum Gasteiger partial charge on any atom is -0.371 e. The first-order chi connectivity index (χ1) is 7.66. The van der Waals surface area contributed by atoms with Crippen molar-refractivity contribution in [1.82, 2.24) is 5.43 Å². The van der Waals surface area contributed by atoms with E-state index in [1.807, 2.05) is 6.92 Å². The lowest BCUT2D eigenvalue weighted by Gasteiger charge is -2.30. The molecule has 0 heterocycles. The van der Waals surface area contributed by atoms with Gasteiger partial charge in [0.05, 0.1) is 6.04 Å². The zero-order valence-corrected chi connectivity index (χ0v) is 10.8.